The second-order valence-corrected chi connectivity index (χ2v) is 5.61. The number of fused-ring (bicyclic) bond motifs is 1. The van der Waals surface area contributed by atoms with Crippen LogP contribution in [0.3, 0.4) is 0 Å². The Labute approximate surface area is 127 Å². The minimum absolute atomic E-state index is 1.13. The second kappa shape index (κ2) is 6.58. The van der Waals surface area contributed by atoms with Crippen molar-refractivity contribution in [3.63, 3.8) is 0 Å². The van der Waals surface area contributed by atoms with Crippen LogP contribution in [0.2, 0.25) is 0 Å². The van der Waals surface area contributed by atoms with Gasteiger partial charge in [-0.15, -0.1) is 0 Å². The molecule has 0 aliphatic heterocycles. The van der Waals surface area contributed by atoms with Crippen LogP contribution in [-0.4, -0.2) is 0 Å². The van der Waals surface area contributed by atoms with Crippen LogP contribution in [0, 0.1) is 0 Å². The van der Waals surface area contributed by atoms with Crippen LogP contribution in [0.5, 0.6) is 0 Å². The maximum Gasteiger partial charge on any atom is -0.0152 e. The summed E-state index contributed by atoms with van der Waals surface area (Å²) in [6, 6.07) is 24.2. The van der Waals surface area contributed by atoms with Gasteiger partial charge in [0.15, 0.2) is 0 Å². The van der Waals surface area contributed by atoms with Gasteiger partial charge in [0.1, 0.15) is 0 Å². The topological polar surface area (TPSA) is 0 Å². The average Bonchev–Trinajstić information content (AvgIpc) is 2.55. The van der Waals surface area contributed by atoms with Crippen LogP contribution < -0.4 is 0 Å². The van der Waals surface area contributed by atoms with Crippen LogP contribution in [0.15, 0.2) is 66.7 Å². The molecule has 0 heterocycles. The Bertz CT molecular complexity index is 719. The highest BCUT2D eigenvalue weighted by atomic mass is 14.1. The van der Waals surface area contributed by atoms with Crippen LogP contribution >= 0.6 is 0 Å². The number of benzene rings is 3. The molecule has 0 spiro atoms. The van der Waals surface area contributed by atoms with E-state index in [1.165, 1.54) is 40.3 Å². The summed E-state index contributed by atoms with van der Waals surface area (Å²) in [6.07, 6.45) is 4.67. The van der Waals surface area contributed by atoms with E-state index in [9.17, 15) is 0 Å². The van der Waals surface area contributed by atoms with Gasteiger partial charge in [-0.1, -0.05) is 73.7 Å². The summed E-state index contributed by atoms with van der Waals surface area (Å²) in [7, 11) is 0. The van der Waals surface area contributed by atoms with Gasteiger partial charge in [-0.05, 0) is 53.1 Å². The van der Waals surface area contributed by atoms with E-state index < -0.39 is 0 Å². The lowest BCUT2D eigenvalue weighted by molar-refractivity contribution is 0.815. The average molecular weight is 274 g/mol. The van der Waals surface area contributed by atoms with E-state index in [4.69, 9.17) is 0 Å². The molecule has 0 nitrogen and oxygen atoms in total. The summed E-state index contributed by atoms with van der Waals surface area (Å²) >= 11 is 0. The van der Waals surface area contributed by atoms with Gasteiger partial charge in [0.25, 0.3) is 0 Å². The van der Waals surface area contributed by atoms with Crippen molar-refractivity contribution in [3.8, 4) is 0 Å². The molecule has 0 saturated heterocycles. The zero-order chi connectivity index (χ0) is 14.5. The molecular weight excluding hydrogens is 252 g/mol. The molecule has 21 heavy (non-hydrogen) atoms. The fourth-order valence-electron chi connectivity index (χ4n) is 3.13. The predicted octanol–water partition coefficient (Wildman–Crippen LogP) is 5.58. The zero-order valence-corrected chi connectivity index (χ0v) is 12.7. The largest absolute Gasteiger partial charge is 0.0620 e. The first kappa shape index (κ1) is 13.9. The lowest BCUT2D eigenvalue weighted by Gasteiger charge is -2.09. The SMILES string of the molecule is CCc1ccccc1CCCc1cccc2ccccc12. The summed E-state index contributed by atoms with van der Waals surface area (Å²) in [4.78, 5) is 0. The first-order valence-corrected chi connectivity index (χ1v) is 7.92. The smallest absolute Gasteiger partial charge is 0.0152 e. The van der Waals surface area contributed by atoms with E-state index in [1.54, 1.807) is 0 Å². The molecule has 0 fully saturated rings. The van der Waals surface area contributed by atoms with Gasteiger partial charge in [-0.3, -0.25) is 0 Å². The maximum absolute atomic E-state index is 2.28. The number of hydrogen-bond acceptors (Lipinski definition) is 0. The van der Waals surface area contributed by atoms with Crippen LogP contribution in [-0.2, 0) is 19.3 Å². The highest BCUT2D eigenvalue weighted by Gasteiger charge is 2.03. The third kappa shape index (κ3) is 3.16. The van der Waals surface area contributed by atoms with Crippen LogP contribution in [0.1, 0.15) is 30.0 Å². The van der Waals surface area contributed by atoms with E-state index in [2.05, 4.69) is 73.7 Å². The Balaban J connectivity index is 1.72. The molecule has 0 saturated carbocycles. The Kier molecular flexibility index (Phi) is 4.35. The van der Waals surface area contributed by atoms with E-state index in [-0.39, 0.29) is 0 Å². The Morgan fingerprint density at radius 3 is 2.10 bits per heavy atom. The van der Waals surface area contributed by atoms with Crippen molar-refractivity contribution in [2.24, 2.45) is 0 Å². The molecule has 106 valence electrons. The third-order valence-electron chi connectivity index (χ3n) is 4.27. The van der Waals surface area contributed by atoms with Gasteiger partial charge >= 0.3 is 0 Å². The molecule has 0 atom stereocenters. The summed E-state index contributed by atoms with van der Waals surface area (Å²) in [5.74, 6) is 0. The molecule has 0 aromatic heterocycles. The fraction of sp³-hybridized carbons (Fsp3) is 0.238. The van der Waals surface area contributed by atoms with E-state index >= 15 is 0 Å². The molecule has 0 bridgehead atoms. The Morgan fingerprint density at radius 2 is 1.24 bits per heavy atom. The van der Waals surface area contributed by atoms with Gasteiger partial charge in [0.2, 0.25) is 0 Å². The molecule has 0 heteroatoms. The first-order valence-electron chi connectivity index (χ1n) is 7.92. The molecule has 3 aromatic carbocycles. The second-order valence-electron chi connectivity index (χ2n) is 5.61. The van der Waals surface area contributed by atoms with E-state index in [1.807, 2.05) is 0 Å². The molecule has 3 aromatic rings. The van der Waals surface area contributed by atoms with Gasteiger partial charge in [-0.2, -0.15) is 0 Å². The molecule has 0 radical (unpaired) electrons. The third-order valence-corrected chi connectivity index (χ3v) is 4.27. The van der Waals surface area contributed by atoms with Crippen molar-refractivity contribution in [2.75, 3.05) is 0 Å². The van der Waals surface area contributed by atoms with Crippen molar-refractivity contribution in [1.29, 1.82) is 0 Å². The highest BCUT2D eigenvalue weighted by Crippen LogP contribution is 2.21. The summed E-state index contributed by atoms with van der Waals surface area (Å²) < 4.78 is 0. The van der Waals surface area contributed by atoms with E-state index in [0.29, 0.717) is 0 Å². The molecule has 0 aliphatic rings. The van der Waals surface area contributed by atoms with Crippen LogP contribution in [0.25, 0.3) is 10.8 Å². The van der Waals surface area contributed by atoms with Gasteiger partial charge in [0, 0.05) is 0 Å². The molecule has 0 N–H and O–H groups in total. The van der Waals surface area contributed by atoms with E-state index in [0.717, 1.165) is 12.8 Å². The zero-order valence-electron chi connectivity index (χ0n) is 12.7. The van der Waals surface area contributed by atoms with Gasteiger partial charge in [-0.25, -0.2) is 0 Å². The molecule has 0 aliphatic carbocycles. The highest BCUT2D eigenvalue weighted by molar-refractivity contribution is 5.85. The number of hydrogen-bond donors (Lipinski definition) is 0. The normalized spacial score (nSPS) is 10.9. The maximum atomic E-state index is 2.28. The Morgan fingerprint density at radius 1 is 0.619 bits per heavy atom. The number of aryl methyl sites for hydroxylation is 3. The monoisotopic (exact) mass is 274 g/mol. The molecule has 0 unspecified atom stereocenters. The Hall–Kier alpha value is -2.08. The van der Waals surface area contributed by atoms with Crippen molar-refractivity contribution >= 4 is 10.8 Å². The lowest BCUT2D eigenvalue weighted by atomic mass is 9.96. The van der Waals surface area contributed by atoms with Crippen molar-refractivity contribution in [1.82, 2.24) is 0 Å². The van der Waals surface area contributed by atoms with Gasteiger partial charge < -0.3 is 0 Å². The molecule has 3 rings (SSSR count). The minimum Gasteiger partial charge on any atom is -0.0620 e. The standard InChI is InChI=1S/C21H22/c1-2-17-9-3-4-10-18(17)12-7-13-20-15-8-14-19-11-5-6-16-21(19)20/h3-6,8-11,14-16H,2,7,12-13H2,1H3. The summed E-state index contributed by atoms with van der Waals surface area (Å²) in [5, 5.41) is 2.76. The number of rotatable bonds is 5. The van der Waals surface area contributed by atoms with Crippen molar-refractivity contribution in [3.05, 3.63) is 83.4 Å². The molecular formula is C21H22. The molecule has 0 amide bonds. The minimum atomic E-state index is 1.13. The fourth-order valence-corrected chi connectivity index (χ4v) is 3.13. The van der Waals surface area contributed by atoms with Crippen molar-refractivity contribution < 1.29 is 0 Å². The first-order chi connectivity index (χ1) is 10.4. The predicted molar refractivity (Wildman–Crippen MR) is 91.8 cm³/mol. The van der Waals surface area contributed by atoms with Gasteiger partial charge in [0.05, 0.1) is 0 Å². The quantitative estimate of drug-likeness (QED) is 0.570. The van der Waals surface area contributed by atoms with Crippen LogP contribution in [0.4, 0.5) is 0 Å². The summed E-state index contributed by atoms with van der Waals surface area (Å²) in [6.45, 7) is 2.24. The summed E-state index contributed by atoms with van der Waals surface area (Å²) in [5.41, 5.74) is 4.48. The lowest BCUT2D eigenvalue weighted by Crippen LogP contribution is -1.95. The van der Waals surface area contributed by atoms with Crippen molar-refractivity contribution in [2.45, 2.75) is 32.6 Å².